The molecule has 7 heteroatoms. The van der Waals surface area contributed by atoms with E-state index in [0.29, 0.717) is 13.0 Å². The van der Waals surface area contributed by atoms with Gasteiger partial charge in [-0.25, -0.2) is 4.79 Å². The second kappa shape index (κ2) is 9.12. The molecule has 5 rings (SSSR count). The molecule has 0 aromatic heterocycles. The molecule has 0 bridgehead atoms. The van der Waals surface area contributed by atoms with Gasteiger partial charge in [0, 0.05) is 32.0 Å². The summed E-state index contributed by atoms with van der Waals surface area (Å²) in [6, 6.07) is 16.3. The van der Waals surface area contributed by atoms with E-state index in [1.807, 2.05) is 24.3 Å². The van der Waals surface area contributed by atoms with Crippen LogP contribution in [0.15, 0.2) is 48.5 Å². The van der Waals surface area contributed by atoms with Crippen molar-refractivity contribution in [2.75, 3.05) is 26.2 Å². The van der Waals surface area contributed by atoms with Gasteiger partial charge < -0.3 is 20.1 Å². The maximum absolute atomic E-state index is 12.7. The van der Waals surface area contributed by atoms with Gasteiger partial charge in [0.2, 0.25) is 5.91 Å². The number of carbonyl (C=O) groups excluding carboxylic acids is 2. The number of nitrogens with one attached hydrogen (secondary N) is 1. The Labute approximate surface area is 199 Å². The second-order valence-corrected chi connectivity index (χ2v) is 9.68. The number of amides is 2. The molecule has 178 valence electrons. The fourth-order valence-corrected chi connectivity index (χ4v) is 6.08. The first-order valence-corrected chi connectivity index (χ1v) is 12.1. The van der Waals surface area contributed by atoms with E-state index in [1.54, 1.807) is 4.90 Å². The molecule has 2 atom stereocenters. The number of nitrogens with zero attached hydrogens (tertiary/aromatic N) is 1. The van der Waals surface area contributed by atoms with Gasteiger partial charge in [0.1, 0.15) is 6.61 Å². The van der Waals surface area contributed by atoms with Gasteiger partial charge in [-0.1, -0.05) is 61.4 Å². The van der Waals surface area contributed by atoms with Crippen LogP contribution in [0.2, 0.25) is 0 Å². The third kappa shape index (κ3) is 3.93. The number of aliphatic carboxylic acids is 1. The number of carboxylic acid groups (broad SMARTS) is 1. The van der Waals surface area contributed by atoms with E-state index < -0.39 is 17.5 Å². The van der Waals surface area contributed by atoms with Crippen LogP contribution in [-0.2, 0) is 14.3 Å². The smallest absolute Gasteiger partial charge is 0.407 e. The van der Waals surface area contributed by atoms with E-state index in [2.05, 4.69) is 29.6 Å². The van der Waals surface area contributed by atoms with Crippen molar-refractivity contribution >= 4 is 18.0 Å². The SMILES string of the molecule is O=C(NCCC(=O)N1CC2CCCCC2(C(=O)O)C1)OCC1c2ccccc2-c2ccccc21. The zero-order valence-electron chi connectivity index (χ0n) is 19.2. The fraction of sp³-hybridized carbons (Fsp3) is 0.444. The van der Waals surface area contributed by atoms with E-state index in [4.69, 9.17) is 4.74 Å². The van der Waals surface area contributed by atoms with Crippen LogP contribution in [0.5, 0.6) is 0 Å². The number of benzene rings is 2. The molecule has 2 fully saturated rings. The molecule has 0 spiro atoms. The molecule has 0 radical (unpaired) electrons. The quantitative estimate of drug-likeness (QED) is 0.676. The third-order valence-corrected chi connectivity index (χ3v) is 7.85. The molecule has 2 aliphatic carbocycles. The van der Waals surface area contributed by atoms with Gasteiger partial charge in [-0.3, -0.25) is 9.59 Å². The molecule has 1 heterocycles. The van der Waals surface area contributed by atoms with Gasteiger partial charge in [-0.2, -0.15) is 0 Å². The highest BCUT2D eigenvalue weighted by molar-refractivity contribution is 5.82. The van der Waals surface area contributed by atoms with Gasteiger partial charge >= 0.3 is 12.1 Å². The Morgan fingerprint density at radius 2 is 1.71 bits per heavy atom. The maximum Gasteiger partial charge on any atom is 0.407 e. The van der Waals surface area contributed by atoms with Crippen LogP contribution >= 0.6 is 0 Å². The molecule has 2 aromatic rings. The van der Waals surface area contributed by atoms with Crippen molar-refractivity contribution < 1.29 is 24.2 Å². The van der Waals surface area contributed by atoms with Crippen LogP contribution in [0.1, 0.15) is 49.1 Å². The Hall–Kier alpha value is -3.35. The van der Waals surface area contributed by atoms with Gasteiger partial charge in [0.05, 0.1) is 5.41 Å². The van der Waals surface area contributed by atoms with Crippen molar-refractivity contribution in [3.8, 4) is 11.1 Å². The summed E-state index contributed by atoms with van der Waals surface area (Å²) in [5.41, 5.74) is 3.84. The molecular weight excluding hydrogens is 432 g/mol. The summed E-state index contributed by atoms with van der Waals surface area (Å²) in [7, 11) is 0. The van der Waals surface area contributed by atoms with Crippen molar-refractivity contribution in [2.24, 2.45) is 11.3 Å². The molecule has 2 amide bonds. The number of carboxylic acids is 1. The monoisotopic (exact) mass is 462 g/mol. The number of rotatable bonds is 6. The molecule has 2 unspecified atom stereocenters. The summed E-state index contributed by atoms with van der Waals surface area (Å²) in [6.07, 6.45) is 2.99. The molecular formula is C27H30N2O5. The van der Waals surface area contributed by atoms with Crippen LogP contribution in [0.4, 0.5) is 4.79 Å². The van der Waals surface area contributed by atoms with Crippen molar-refractivity contribution in [3.63, 3.8) is 0 Å². The normalized spacial score (nSPS) is 23.1. The minimum absolute atomic E-state index is 0.0139. The third-order valence-electron chi connectivity index (χ3n) is 7.85. The number of fused-ring (bicyclic) bond motifs is 4. The number of alkyl carbamates (subject to hydrolysis) is 1. The number of hydrogen-bond donors (Lipinski definition) is 2. The zero-order chi connectivity index (χ0) is 23.7. The van der Waals surface area contributed by atoms with Crippen LogP contribution in [0.3, 0.4) is 0 Å². The Kier molecular flexibility index (Phi) is 6.02. The Balaban J connectivity index is 1.12. The Morgan fingerprint density at radius 1 is 1.03 bits per heavy atom. The molecule has 2 aromatic carbocycles. The first kappa shape index (κ1) is 22.4. The molecule has 2 N–H and O–H groups in total. The largest absolute Gasteiger partial charge is 0.481 e. The van der Waals surface area contributed by atoms with Gasteiger partial charge in [-0.05, 0) is 41.0 Å². The van der Waals surface area contributed by atoms with Gasteiger partial charge in [0.15, 0.2) is 0 Å². The number of ether oxygens (including phenoxy) is 1. The predicted octanol–water partition coefficient (Wildman–Crippen LogP) is 4.02. The van der Waals surface area contributed by atoms with Crippen molar-refractivity contribution in [1.29, 1.82) is 0 Å². The molecule has 3 aliphatic rings. The van der Waals surface area contributed by atoms with Crippen LogP contribution in [0, 0.1) is 11.3 Å². The minimum Gasteiger partial charge on any atom is -0.481 e. The Morgan fingerprint density at radius 3 is 2.35 bits per heavy atom. The average molecular weight is 463 g/mol. The average Bonchev–Trinajstić information content (AvgIpc) is 3.40. The lowest BCUT2D eigenvalue weighted by atomic mass is 9.68. The molecule has 7 nitrogen and oxygen atoms in total. The fourth-order valence-electron chi connectivity index (χ4n) is 6.08. The first-order valence-electron chi connectivity index (χ1n) is 12.1. The summed E-state index contributed by atoms with van der Waals surface area (Å²) in [5, 5.41) is 12.5. The lowest BCUT2D eigenvalue weighted by Crippen LogP contribution is -2.41. The first-order chi connectivity index (χ1) is 16.5. The van der Waals surface area contributed by atoms with Crippen LogP contribution < -0.4 is 5.32 Å². The van der Waals surface area contributed by atoms with Gasteiger partial charge in [-0.15, -0.1) is 0 Å². The summed E-state index contributed by atoms with van der Waals surface area (Å²) in [4.78, 5) is 38.7. The number of likely N-dealkylation sites (tertiary alicyclic amines) is 1. The molecule has 34 heavy (non-hydrogen) atoms. The van der Waals surface area contributed by atoms with Crippen molar-refractivity contribution in [3.05, 3.63) is 59.7 Å². The van der Waals surface area contributed by atoms with E-state index in [-0.39, 0.29) is 43.9 Å². The number of hydrogen-bond acceptors (Lipinski definition) is 4. The number of carbonyl (C=O) groups is 3. The predicted molar refractivity (Wildman–Crippen MR) is 126 cm³/mol. The summed E-state index contributed by atoms with van der Waals surface area (Å²) < 4.78 is 5.52. The van der Waals surface area contributed by atoms with Crippen molar-refractivity contribution in [1.82, 2.24) is 10.2 Å². The highest BCUT2D eigenvalue weighted by Gasteiger charge is 2.53. The Bertz CT molecular complexity index is 1070. The summed E-state index contributed by atoms with van der Waals surface area (Å²) in [6.45, 7) is 1.16. The summed E-state index contributed by atoms with van der Waals surface area (Å²) in [5.74, 6) is -0.893. The zero-order valence-corrected chi connectivity index (χ0v) is 19.2. The second-order valence-electron chi connectivity index (χ2n) is 9.68. The highest BCUT2D eigenvalue weighted by atomic mass is 16.5. The van der Waals surface area contributed by atoms with Crippen LogP contribution in [0.25, 0.3) is 11.1 Å². The maximum atomic E-state index is 12.7. The summed E-state index contributed by atoms with van der Waals surface area (Å²) >= 11 is 0. The molecule has 1 aliphatic heterocycles. The standard InChI is InChI=1S/C27H30N2O5/c30-24(29-15-18-7-5-6-13-27(18,17-29)25(31)32)12-14-28-26(33)34-16-23-21-10-3-1-8-19(21)20-9-2-4-11-22(20)23/h1-4,8-11,18,23H,5-7,12-17H2,(H,28,33)(H,31,32). The minimum atomic E-state index is -0.797. The lowest BCUT2D eigenvalue weighted by molar-refractivity contribution is -0.152. The topological polar surface area (TPSA) is 95.9 Å². The van der Waals surface area contributed by atoms with Crippen LogP contribution in [-0.4, -0.2) is 54.2 Å². The van der Waals surface area contributed by atoms with E-state index in [1.165, 1.54) is 11.1 Å². The van der Waals surface area contributed by atoms with E-state index in [9.17, 15) is 19.5 Å². The van der Waals surface area contributed by atoms with E-state index >= 15 is 0 Å². The van der Waals surface area contributed by atoms with E-state index in [0.717, 1.165) is 30.4 Å². The molecule has 1 saturated heterocycles. The van der Waals surface area contributed by atoms with Gasteiger partial charge in [0.25, 0.3) is 0 Å². The van der Waals surface area contributed by atoms with Crippen molar-refractivity contribution in [2.45, 2.75) is 38.0 Å². The lowest BCUT2D eigenvalue weighted by Gasteiger charge is -2.34. The molecule has 1 saturated carbocycles. The highest BCUT2D eigenvalue weighted by Crippen LogP contribution is 2.47.